The third kappa shape index (κ3) is 4.53. The number of hydrogen-bond acceptors (Lipinski definition) is 3. The topological polar surface area (TPSA) is 70.7 Å². The summed E-state index contributed by atoms with van der Waals surface area (Å²) in [5.74, 6) is -0.756. The first kappa shape index (κ1) is 20.1. The number of piperidine rings is 1. The fraction of sp³-hybridized carbons (Fsp3) is 0.364. The minimum atomic E-state index is -0.819. The SMILES string of the molecule is O=C1C[C@@H]2CCN(C(=O)Nc3ccc(F)cc3F)C[C@@H]2CCOc2ccccc2N1. The predicted octanol–water partition coefficient (Wildman–Crippen LogP) is 4.25. The maximum absolute atomic E-state index is 13.9. The molecule has 30 heavy (non-hydrogen) atoms. The lowest BCUT2D eigenvalue weighted by molar-refractivity contribution is -0.118. The van der Waals surface area contributed by atoms with E-state index >= 15 is 0 Å². The fourth-order valence-corrected chi connectivity index (χ4v) is 4.10. The van der Waals surface area contributed by atoms with Crippen molar-refractivity contribution in [2.75, 3.05) is 30.3 Å². The Hall–Kier alpha value is -3.16. The molecule has 1 fully saturated rings. The van der Waals surface area contributed by atoms with Crippen LogP contribution in [0.5, 0.6) is 5.75 Å². The highest BCUT2D eigenvalue weighted by atomic mass is 19.1. The van der Waals surface area contributed by atoms with Crippen LogP contribution in [0.15, 0.2) is 42.5 Å². The summed E-state index contributed by atoms with van der Waals surface area (Å²) in [6.45, 7) is 1.37. The van der Waals surface area contributed by atoms with E-state index in [4.69, 9.17) is 4.74 Å². The molecule has 2 aromatic carbocycles. The smallest absolute Gasteiger partial charge is 0.321 e. The molecule has 2 aromatic rings. The third-order valence-electron chi connectivity index (χ3n) is 5.71. The van der Waals surface area contributed by atoms with Crippen LogP contribution in [0.2, 0.25) is 0 Å². The monoisotopic (exact) mass is 415 g/mol. The first-order valence-electron chi connectivity index (χ1n) is 10.0. The third-order valence-corrected chi connectivity index (χ3v) is 5.71. The van der Waals surface area contributed by atoms with Gasteiger partial charge >= 0.3 is 6.03 Å². The summed E-state index contributed by atoms with van der Waals surface area (Å²) in [6, 6.07) is 9.91. The molecule has 0 aromatic heterocycles. The molecule has 0 radical (unpaired) electrons. The van der Waals surface area contributed by atoms with Crippen molar-refractivity contribution in [2.45, 2.75) is 19.3 Å². The maximum atomic E-state index is 13.9. The summed E-state index contributed by atoms with van der Waals surface area (Å²) >= 11 is 0. The quantitative estimate of drug-likeness (QED) is 0.732. The Labute approximate surface area is 173 Å². The van der Waals surface area contributed by atoms with Gasteiger partial charge in [-0.15, -0.1) is 0 Å². The predicted molar refractivity (Wildman–Crippen MR) is 108 cm³/mol. The lowest BCUT2D eigenvalue weighted by Crippen LogP contribution is -2.46. The van der Waals surface area contributed by atoms with E-state index in [1.165, 1.54) is 6.07 Å². The van der Waals surface area contributed by atoms with Gasteiger partial charge in [-0.05, 0) is 48.9 Å². The maximum Gasteiger partial charge on any atom is 0.321 e. The molecule has 2 heterocycles. The Morgan fingerprint density at radius 1 is 1.13 bits per heavy atom. The van der Waals surface area contributed by atoms with Crippen LogP contribution in [-0.2, 0) is 4.79 Å². The van der Waals surface area contributed by atoms with Crippen molar-refractivity contribution in [3.8, 4) is 5.75 Å². The van der Waals surface area contributed by atoms with E-state index in [0.717, 1.165) is 12.1 Å². The molecule has 1 saturated heterocycles. The summed E-state index contributed by atoms with van der Waals surface area (Å²) in [4.78, 5) is 26.7. The number of halogens is 2. The minimum absolute atomic E-state index is 0.0613. The normalized spacial score (nSPS) is 21.5. The molecule has 2 atom stereocenters. The lowest BCUT2D eigenvalue weighted by atomic mass is 9.81. The molecule has 0 unspecified atom stereocenters. The van der Waals surface area contributed by atoms with Crippen molar-refractivity contribution in [1.82, 2.24) is 4.90 Å². The first-order valence-corrected chi connectivity index (χ1v) is 10.0. The molecular weight excluding hydrogens is 392 g/mol. The van der Waals surface area contributed by atoms with Crippen molar-refractivity contribution < 1.29 is 23.1 Å². The second-order valence-electron chi connectivity index (χ2n) is 7.69. The number of benzene rings is 2. The van der Waals surface area contributed by atoms with Gasteiger partial charge in [0.25, 0.3) is 0 Å². The Balaban J connectivity index is 1.43. The molecule has 6 nitrogen and oxygen atoms in total. The van der Waals surface area contributed by atoms with Gasteiger partial charge in [0, 0.05) is 25.6 Å². The second-order valence-corrected chi connectivity index (χ2v) is 7.69. The van der Waals surface area contributed by atoms with Gasteiger partial charge in [0.05, 0.1) is 18.0 Å². The van der Waals surface area contributed by atoms with E-state index in [-0.39, 0.29) is 23.4 Å². The number of nitrogens with zero attached hydrogens (tertiary/aromatic N) is 1. The van der Waals surface area contributed by atoms with Gasteiger partial charge < -0.3 is 20.3 Å². The van der Waals surface area contributed by atoms with Gasteiger partial charge in [-0.1, -0.05) is 12.1 Å². The lowest BCUT2D eigenvalue weighted by Gasteiger charge is -2.39. The first-order chi connectivity index (χ1) is 14.5. The zero-order valence-electron chi connectivity index (χ0n) is 16.4. The number of ether oxygens (including phenoxy) is 1. The fourth-order valence-electron chi connectivity index (χ4n) is 4.10. The van der Waals surface area contributed by atoms with E-state index in [1.54, 1.807) is 4.90 Å². The summed E-state index contributed by atoms with van der Waals surface area (Å²) < 4.78 is 32.8. The van der Waals surface area contributed by atoms with Gasteiger partial charge in [0.15, 0.2) is 0 Å². The van der Waals surface area contributed by atoms with Crippen molar-refractivity contribution >= 4 is 23.3 Å². The zero-order valence-corrected chi connectivity index (χ0v) is 16.4. The van der Waals surface area contributed by atoms with Crippen molar-refractivity contribution in [3.05, 3.63) is 54.1 Å². The van der Waals surface area contributed by atoms with E-state index < -0.39 is 17.7 Å². The number of hydrogen-bond donors (Lipinski definition) is 2. The average Bonchev–Trinajstić information content (AvgIpc) is 2.72. The van der Waals surface area contributed by atoms with Crippen LogP contribution in [0.3, 0.4) is 0 Å². The molecule has 0 bridgehead atoms. The molecule has 2 N–H and O–H groups in total. The number of urea groups is 1. The largest absolute Gasteiger partial charge is 0.491 e. The van der Waals surface area contributed by atoms with E-state index in [9.17, 15) is 18.4 Å². The molecule has 0 saturated carbocycles. The summed E-state index contributed by atoms with van der Waals surface area (Å²) in [5.41, 5.74) is 0.605. The molecule has 8 heteroatoms. The second kappa shape index (κ2) is 8.69. The number of carbonyl (C=O) groups excluding carboxylic acids is 2. The number of anilines is 2. The summed E-state index contributed by atoms with van der Waals surface area (Å²) in [6.07, 6.45) is 1.74. The number of likely N-dealkylation sites (tertiary alicyclic amines) is 1. The van der Waals surface area contributed by atoms with Gasteiger partial charge in [-0.25, -0.2) is 13.6 Å². The number of carbonyl (C=O) groups is 2. The standard InChI is InChI=1S/C22H23F2N3O3/c23-16-5-6-18(17(24)12-16)26-22(29)27-9-7-14-11-21(28)25-19-3-1-2-4-20(19)30-10-8-15(14)13-27/h1-6,12,14-15H,7-11,13H2,(H,25,28)(H,26,29)/t14-,15-/m0/s1. The van der Waals surface area contributed by atoms with Crippen LogP contribution in [0.4, 0.5) is 25.0 Å². The van der Waals surface area contributed by atoms with Crippen molar-refractivity contribution in [3.63, 3.8) is 0 Å². The molecule has 158 valence electrons. The van der Waals surface area contributed by atoms with Crippen molar-refractivity contribution in [2.24, 2.45) is 11.8 Å². The Morgan fingerprint density at radius 2 is 1.97 bits per heavy atom. The van der Waals surface area contributed by atoms with Crippen LogP contribution >= 0.6 is 0 Å². The zero-order chi connectivity index (χ0) is 21.1. The molecule has 3 amide bonds. The van der Waals surface area contributed by atoms with Crippen molar-refractivity contribution in [1.29, 1.82) is 0 Å². The van der Waals surface area contributed by atoms with Gasteiger partial charge in [-0.2, -0.15) is 0 Å². The Kier molecular flexibility index (Phi) is 5.83. The molecule has 2 aliphatic heterocycles. The molecule has 4 rings (SSSR count). The highest BCUT2D eigenvalue weighted by Gasteiger charge is 2.33. The van der Waals surface area contributed by atoms with Crippen LogP contribution in [0.1, 0.15) is 19.3 Å². The molecule has 0 spiro atoms. The number of nitrogens with one attached hydrogen (secondary N) is 2. The van der Waals surface area contributed by atoms with Crippen LogP contribution < -0.4 is 15.4 Å². The number of amides is 3. The molecule has 0 aliphatic carbocycles. The van der Waals surface area contributed by atoms with Crippen LogP contribution in [0, 0.1) is 23.5 Å². The van der Waals surface area contributed by atoms with Gasteiger partial charge in [0.2, 0.25) is 5.91 Å². The molecular formula is C22H23F2N3O3. The van der Waals surface area contributed by atoms with E-state index in [0.29, 0.717) is 50.4 Å². The minimum Gasteiger partial charge on any atom is -0.491 e. The van der Waals surface area contributed by atoms with Gasteiger partial charge in [-0.3, -0.25) is 4.79 Å². The van der Waals surface area contributed by atoms with Gasteiger partial charge in [0.1, 0.15) is 17.4 Å². The van der Waals surface area contributed by atoms with Crippen LogP contribution in [-0.4, -0.2) is 36.5 Å². The average molecular weight is 415 g/mol. The van der Waals surface area contributed by atoms with E-state index in [1.807, 2.05) is 24.3 Å². The highest BCUT2D eigenvalue weighted by Crippen LogP contribution is 2.33. The number of fused-ring (bicyclic) bond motifs is 2. The number of rotatable bonds is 1. The van der Waals surface area contributed by atoms with E-state index in [2.05, 4.69) is 10.6 Å². The highest BCUT2D eigenvalue weighted by molar-refractivity contribution is 5.92. The Morgan fingerprint density at radius 3 is 2.80 bits per heavy atom. The Bertz CT molecular complexity index is 953. The summed E-state index contributed by atoms with van der Waals surface area (Å²) in [7, 11) is 0. The number of para-hydroxylation sites is 2. The summed E-state index contributed by atoms with van der Waals surface area (Å²) in [5, 5.41) is 5.42. The molecule has 2 aliphatic rings. The van der Waals surface area contributed by atoms with Crippen LogP contribution in [0.25, 0.3) is 0 Å².